The van der Waals surface area contributed by atoms with Gasteiger partial charge in [0.05, 0.1) is 17.0 Å². The molecule has 0 saturated carbocycles. The van der Waals surface area contributed by atoms with Gasteiger partial charge in [0.15, 0.2) is 0 Å². The molecular weight excluding hydrogens is 424 g/mol. The van der Waals surface area contributed by atoms with Crippen LogP contribution in [-0.2, 0) is 9.84 Å². The number of aromatic nitrogens is 2. The topological polar surface area (TPSA) is 83.5 Å². The number of fused-ring (bicyclic) bond motifs is 1. The molecule has 0 bridgehead atoms. The summed E-state index contributed by atoms with van der Waals surface area (Å²) in [5.41, 5.74) is 2.68. The summed E-state index contributed by atoms with van der Waals surface area (Å²) in [5, 5.41) is -0.220. The molecule has 2 aromatic rings. The van der Waals surface area contributed by atoms with E-state index in [1.165, 1.54) is 5.56 Å². The number of hydrogen-bond acceptors (Lipinski definition) is 6. The van der Waals surface area contributed by atoms with Crippen LogP contribution in [0.5, 0.6) is 0 Å². The molecule has 0 aliphatic carbocycles. The van der Waals surface area contributed by atoms with Crippen LogP contribution in [0.25, 0.3) is 0 Å². The van der Waals surface area contributed by atoms with Gasteiger partial charge in [-0.2, -0.15) is 0 Å². The Hall–Kier alpha value is -2.32. The molecule has 0 radical (unpaired) electrons. The van der Waals surface area contributed by atoms with Gasteiger partial charge >= 0.3 is 0 Å². The van der Waals surface area contributed by atoms with Crippen molar-refractivity contribution in [2.45, 2.75) is 38.3 Å². The number of benzene rings is 1. The molecule has 2 aliphatic rings. The molecule has 32 heavy (non-hydrogen) atoms. The van der Waals surface area contributed by atoms with Crippen molar-refractivity contribution >= 4 is 15.7 Å². The molecular formula is C24H32N4O3S. The third kappa shape index (κ3) is 4.71. The van der Waals surface area contributed by atoms with E-state index < -0.39 is 9.84 Å². The van der Waals surface area contributed by atoms with Crippen LogP contribution in [0.2, 0.25) is 0 Å². The van der Waals surface area contributed by atoms with Gasteiger partial charge in [0.25, 0.3) is 5.91 Å². The first-order valence-electron chi connectivity index (χ1n) is 11.3. The van der Waals surface area contributed by atoms with Crippen molar-refractivity contribution in [1.29, 1.82) is 0 Å². The number of carbonyl (C=O) groups is 1. The van der Waals surface area contributed by atoms with E-state index in [9.17, 15) is 13.2 Å². The maximum Gasteiger partial charge on any atom is 0.257 e. The molecule has 0 spiro atoms. The van der Waals surface area contributed by atoms with Crippen LogP contribution in [0.3, 0.4) is 0 Å². The fourth-order valence-corrected chi connectivity index (χ4v) is 5.69. The fraction of sp³-hybridized carbons (Fsp3) is 0.542. The van der Waals surface area contributed by atoms with E-state index >= 15 is 0 Å². The third-order valence-electron chi connectivity index (χ3n) is 6.89. The molecule has 4 rings (SSSR count). The van der Waals surface area contributed by atoms with E-state index in [2.05, 4.69) is 52.1 Å². The normalized spacial score (nSPS) is 22.2. The summed E-state index contributed by atoms with van der Waals surface area (Å²) in [6, 6.07) is 10.6. The van der Waals surface area contributed by atoms with Crippen LogP contribution in [-0.4, -0.2) is 73.1 Å². The number of rotatable bonds is 6. The minimum absolute atomic E-state index is 0.0845. The number of sulfone groups is 1. The third-order valence-corrected chi connectivity index (χ3v) is 7.74. The first kappa shape index (κ1) is 22.9. The minimum atomic E-state index is -3.51. The van der Waals surface area contributed by atoms with Crippen molar-refractivity contribution in [3.05, 3.63) is 52.8 Å². The molecule has 1 aromatic carbocycles. The van der Waals surface area contributed by atoms with Gasteiger partial charge in [0.1, 0.15) is 0 Å². The summed E-state index contributed by atoms with van der Waals surface area (Å²) >= 11 is 0. The lowest BCUT2D eigenvalue weighted by atomic mass is 9.98. The largest absolute Gasteiger partial charge is 0.338 e. The molecule has 1 aromatic heterocycles. The van der Waals surface area contributed by atoms with Gasteiger partial charge in [-0.15, -0.1) is 0 Å². The Bertz CT molecular complexity index is 1070. The van der Waals surface area contributed by atoms with Crippen LogP contribution in [0.15, 0.2) is 35.5 Å². The second-order valence-corrected chi connectivity index (χ2v) is 11.3. The number of nitrogens with zero attached hydrogens (tertiary/aromatic N) is 4. The van der Waals surface area contributed by atoms with Crippen molar-refractivity contribution in [2.24, 2.45) is 11.8 Å². The summed E-state index contributed by atoms with van der Waals surface area (Å²) in [6.07, 6.45) is 2.21. The average Bonchev–Trinajstić information content (AvgIpc) is 3.30. The van der Waals surface area contributed by atoms with Gasteiger partial charge in [-0.1, -0.05) is 37.3 Å². The Labute approximate surface area is 190 Å². The van der Waals surface area contributed by atoms with E-state index in [1.807, 2.05) is 4.90 Å². The number of amides is 1. The molecule has 2 saturated heterocycles. The van der Waals surface area contributed by atoms with E-state index in [-0.39, 0.29) is 11.1 Å². The highest BCUT2D eigenvalue weighted by atomic mass is 32.2. The predicted octanol–water partition coefficient (Wildman–Crippen LogP) is 2.69. The highest BCUT2D eigenvalue weighted by molar-refractivity contribution is 7.90. The van der Waals surface area contributed by atoms with Gasteiger partial charge in [0, 0.05) is 32.4 Å². The van der Waals surface area contributed by atoms with Gasteiger partial charge in [-0.05, 0) is 50.1 Å². The van der Waals surface area contributed by atoms with E-state index in [0.717, 1.165) is 45.4 Å². The molecule has 7 nitrogen and oxygen atoms in total. The second-order valence-electron chi connectivity index (χ2n) is 9.41. The monoisotopic (exact) mass is 456 g/mol. The van der Waals surface area contributed by atoms with Gasteiger partial charge < -0.3 is 9.80 Å². The second kappa shape index (κ2) is 8.90. The quantitative estimate of drug-likeness (QED) is 0.622. The number of carbonyl (C=O) groups excluding carboxylic acids is 1. The van der Waals surface area contributed by atoms with Gasteiger partial charge in [0.2, 0.25) is 15.0 Å². The van der Waals surface area contributed by atoms with Crippen LogP contribution < -0.4 is 0 Å². The highest BCUT2D eigenvalue weighted by Crippen LogP contribution is 2.33. The summed E-state index contributed by atoms with van der Waals surface area (Å²) < 4.78 is 23.6. The van der Waals surface area contributed by atoms with E-state index in [4.69, 9.17) is 0 Å². The fourth-order valence-electron chi connectivity index (χ4n) is 5.08. The molecule has 2 fully saturated rings. The Kier molecular flexibility index (Phi) is 6.36. The maximum atomic E-state index is 13.2. The lowest BCUT2D eigenvalue weighted by molar-refractivity contribution is 0.0771. The van der Waals surface area contributed by atoms with Crippen molar-refractivity contribution in [2.75, 3.05) is 39.0 Å². The van der Waals surface area contributed by atoms with Crippen molar-refractivity contribution in [3.8, 4) is 0 Å². The van der Waals surface area contributed by atoms with Crippen LogP contribution in [0.1, 0.15) is 46.6 Å². The van der Waals surface area contributed by atoms with Gasteiger partial charge in [-0.25, -0.2) is 18.4 Å². The lowest BCUT2D eigenvalue weighted by Gasteiger charge is -2.23. The van der Waals surface area contributed by atoms with E-state index in [0.29, 0.717) is 34.7 Å². The Morgan fingerprint density at radius 3 is 2.12 bits per heavy atom. The minimum Gasteiger partial charge on any atom is -0.338 e. The highest BCUT2D eigenvalue weighted by Gasteiger charge is 2.42. The van der Waals surface area contributed by atoms with Crippen LogP contribution in [0.4, 0.5) is 0 Å². The van der Waals surface area contributed by atoms with Crippen LogP contribution >= 0.6 is 0 Å². The SMILES string of the molecule is Cc1nc(S(C)(=O)=O)nc(C)c1C(=O)N1CC2CN(CC[C@@H](C)c3ccccc3)CC2C1. The Morgan fingerprint density at radius 2 is 1.59 bits per heavy atom. The molecule has 172 valence electrons. The predicted molar refractivity (Wildman–Crippen MR) is 123 cm³/mol. The Balaban J connectivity index is 1.35. The van der Waals surface area contributed by atoms with Crippen molar-refractivity contribution < 1.29 is 13.2 Å². The number of likely N-dealkylation sites (tertiary alicyclic amines) is 2. The molecule has 0 N–H and O–H groups in total. The number of aryl methyl sites for hydroxylation is 2. The zero-order valence-corrected chi connectivity index (χ0v) is 20.1. The standard InChI is InChI=1S/C24H32N4O3S/c1-16(19-8-6-5-7-9-19)10-11-27-12-20-14-28(15-21(20)13-27)23(29)22-17(2)25-24(26-18(22)3)32(4,30)31/h5-9,16,20-21H,10-15H2,1-4H3/t16-,20?,21?/m1/s1. The molecule has 1 amide bonds. The molecule has 2 unspecified atom stereocenters. The first-order valence-corrected chi connectivity index (χ1v) is 13.1. The molecule has 3 atom stereocenters. The lowest BCUT2D eigenvalue weighted by Crippen LogP contribution is -2.35. The van der Waals surface area contributed by atoms with Crippen LogP contribution in [0, 0.1) is 25.7 Å². The zero-order chi connectivity index (χ0) is 23.0. The van der Waals surface area contributed by atoms with Crippen molar-refractivity contribution in [3.63, 3.8) is 0 Å². The summed E-state index contributed by atoms with van der Waals surface area (Å²) in [4.78, 5) is 25.8. The summed E-state index contributed by atoms with van der Waals surface area (Å²) in [6.45, 7) is 10.3. The first-order chi connectivity index (χ1) is 15.1. The zero-order valence-electron chi connectivity index (χ0n) is 19.3. The molecule has 2 aliphatic heterocycles. The Morgan fingerprint density at radius 1 is 1.03 bits per heavy atom. The van der Waals surface area contributed by atoms with Crippen molar-refractivity contribution in [1.82, 2.24) is 19.8 Å². The summed E-state index contributed by atoms with van der Waals surface area (Å²) in [7, 11) is -3.51. The summed E-state index contributed by atoms with van der Waals surface area (Å²) in [5.74, 6) is 1.43. The van der Waals surface area contributed by atoms with E-state index in [1.54, 1.807) is 13.8 Å². The van der Waals surface area contributed by atoms with Gasteiger partial charge in [-0.3, -0.25) is 4.79 Å². The maximum absolute atomic E-state index is 13.2. The smallest absolute Gasteiger partial charge is 0.257 e. The number of hydrogen-bond donors (Lipinski definition) is 0. The molecule has 8 heteroatoms. The molecule has 3 heterocycles. The average molecular weight is 457 g/mol.